The maximum absolute atomic E-state index is 13.6. The van der Waals surface area contributed by atoms with Crippen molar-refractivity contribution in [2.75, 3.05) is 4.90 Å². The molecule has 0 unspecified atom stereocenters. The molecule has 0 amide bonds. The van der Waals surface area contributed by atoms with Crippen LogP contribution < -0.4 is 10.2 Å². The van der Waals surface area contributed by atoms with E-state index in [2.05, 4.69) is 70.9 Å². The standard InChI is InChI=1S/C27H25FN4S/c1-17-7-11-22(12-8-17)32-26(25(30-27(32)33)24-6-4-5-15-29-24)23-16-18(2)31(19(23)3)21-13-9-20(28)10-14-21/h4-16,25-26H,1-3H3,(H,30,33)/t25-,26-/m1/s1. The van der Waals surface area contributed by atoms with Gasteiger partial charge in [-0.15, -0.1) is 0 Å². The minimum Gasteiger partial charge on any atom is -0.351 e. The van der Waals surface area contributed by atoms with E-state index in [0.29, 0.717) is 5.11 Å². The van der Waals surface area contributed by atoms with Gasteiger partial charge in [0.15, 0.2) is 5.11 Å². The number of anilines is 1. The second-order valence-electron chi connectivity index (χ2n) is 8.47. The van der Waals surface area contributed by atoms with Crippen LogP contribution in [0.1, 0.15) is 40.3 Å². The topological polar surface area (TPSA) is 33.1 Å². The van der Waals surface area contributed by atoms with Crippen LogP contribution in [0.3, 0.4) is 0 Å². The highest BCUT2D eigenvalue weighted by atomic mass is 32.1. The van der Waals surface area contributed by atoms with Gasteiger partial charge in [-0.2, -0.15) is 0 Å². The Labute approximate surface area is 198 Å². The van der Waals surface area contributed by atoms with Gasteiger partial charge in [-0.1, -0.05) is 23.8 Å². The van der Waals surface area contributed by atoms with Crippen molar-refractivity contribution in [3.05, 3.63) is 113 Å². The van der Waals surface area contributed by atoms with E-state index in [9.17, 15) is 4.39 Å². The van der Waals surface area contributed by atoms with E-state index in [1.807, 2.05) is 36.5 Å². The van der Waals surface area contributed by atoms with Gasteiger partial charge in [-0.3, -0.25) is 4.98 Å². The van der Waals surface area contributed by atoms with Crippen molar-refractivity contribution < 1.29 is 4.39 Å². The molecule has 1 saturated heterocycles. The predicted molar refractivity (Wildman–Crippen MR) is 134 cm³/mol. The largest absolute Gasteiger partial charge is 0.351 e. The van der Waals surface area contributed by atoms with E-state index in [1.165, 1.54) is 17.7 Å². The van der Waals surface area contributed by atoms with Crippen LogP contribution in [0.25, 0.3) is 5.69 Å². The molecule has 1 aliphatic rings. The van der Waals surface area contributed by atoms with Gasteiger partial charge < -0.3 is 14.8 Å². The smallest absolute Gasteiger partial charge is 0.174 e. The molecule has 1 fully saturated rings. The zero-order chi connectivity index (χ0) is 23.1. The van der Waals surface area contributed by atoms with E-state index >= 15 is 0 Å². The molecule has 2 atom stereocenters. The average Bonchev–Trinajstić information content (AvgIpc) is 3.31. The summed E-state index contributed by atoms with van der Waals surface area (Å²) < 4.78 is 15.7. The number of rotatable bonds is 4. The first-order valence-electron chi connectivity index (χ1n) is 11.0. The molecule has 0 bridgehead atoms. The fourth-order valence-corrected chi connectivity index (χ4v) is 5.07. The highest BCUT2D eigenvalue weighted by Gasteiger charge is 2.42. The first-order valence-corrected chi connectivity index (χ1v) is 11.4. The summed E-state index contributed by atoms with van der Waals surface area (Å²) >= 11 is 5.84. The minimum atomic E-state index is -0.243. The Morgan fingerprint density at radius 1 is 0.909 bits per heavy atom. The van der Waals surface area contributed by atoms with Gasteiger partial charge in [0.05, 0.1) is 17.8 Å². The zero-order valence-corrected chi connectivity index (χ0v) is 19.6. The van der Waals surface area contributed by atoms with E-state index in [0.717, 1.165) is 34.0 Å². The first-order chi connectivity index (χ1) is 15.9. The van der Waals surface area contributed by atoms with Crippen LogP contribution in [0.4, 0.5) is 10.1 Å². The van der Waals surface area contributed by atoms with E-state index in [-0.39, 0.29) is 17.9 Å². The molecule has 0 spiro atoms. The van der Waals surface area contributed by atoms with Crippen LogP contribution in [0.2, 0.25) is 0 Å². The van der Waals surface area contributed by atoms with Crippen molar-refractivity contribution in [1.29, 1.82) is 0 Å². The molecule has 1 aliphatic heterocycles. The Balaban J connectivity index is 1.67. The Morgan fingerprint density at radius 3 is 2.27 bits per heavy atom. The van der Waals surface area contributed by atoms with E-state index < -0.39 is 0 Å². The molecule has 6 heteroatoms. The first kappa shape index (κ1) is 21.3. The van der Waals surface area contributed by atoms with Gasteiger partial charge in [0.25, 0.3) is 0 Å². The lowest BCUT2D eigenvalue weighted by atomic mass is 9.96. The normalized spacial score (nSPS) is 17.9. The quantitative estimate of drug-likeness (QED) is 0.376. The number of hydrogen-bond acceptors (Lipinski definition) is 2. The lowest BCUT2D eigenvalue weighted by Crippen LogP contribution is -2.29. The number of nitrogens with zero attached hydrogens (tertiary/aromatic N) is 3. The minimum absolute atomic E-state index is 0.0875. The Hall–Kier alpha value is -3.51. The summed E-state index contributed by atoms with van der Waals surface area (Å²) in [6.45, 7) is 6.26. The molecular weight excluding hydrogens is 431 g/mol. The highest BCUT2D eigenvalue weighted by Crippen LogP contribution is 2.43. The van der Waals surface area contributed by atoms with Crippen molar-refractivity contribution in [2.24, 2.45) is 0 Å². The molecule has 0 saturated carbocycles. The molecule has 166 valence electrons. The number of hydrogen-bond donors (Lipinski definition) is 1. The summed E-state index contributed by atoms with van der Waals surface area (Å²) in [6, 6.07) is 23.0. The second kappa shape index (κ2) is 8.45. The lowest BCUT2D eigenvalue weighted by molar-refractivity contribution is 0.565. The van der Waals surface area contributed by atoms with Crippen molar-refractivity contribution >= 4 is 23.0 Å². The van der Waals surface area contributed by atoms with Crippen molar-refractivity contribution in [3.63, 3.8) is 0 Å². The third-order valence-corrected chi connectivity index (χ3v) is 6.60. The molecule has 0 radical (unpaired) electrons. The number of benzene rings is 2. The number of aryl methyl sites for hydroxylation is 2. The molecule has 0 aliphatic carbocycles. The Kier molecular flexibility index (Phi) is 5.46. The number of pyridine rings is 1. The summed E-state index contributed by atoms with van der Waals surface area (Å²) in [5.41, 5.74) is 7.43. The monoisotopic (exact) mass is 456 g/mol. The van der Waals surface area contributed by atoms with Crippen molar-refractivity contribution in [1.82, 2.24) is 14.9 Å². The Bertz CT molecular complexity index is 1300. The van der Waals surface area contributed by atoms with Gasteiger partial charge in [0.1, 0.15) is 5.82 Å². The van der Waals surface area contributed by atoms with Crippen LogP contribution in [-0.4, -0.2) is 14.7 Å². The van der Waals surface area contributed by atoms with Crippen LogP contribution in [0.15, 0.2) is 79.0 Å². The zero-order valence-electron chi connectivity index (χ0n) is 18.8. The summed E-state index contributed by atoms with van der Waals surface area (Å²) in [5.74, 6) is -0.243. The van der Waals surface area contributed by atoms with Gasteiger partial charge in [0.2, 0.25) is 0 Å². The number of thiocarbonyl (C=S) groups is 1. The van der Waals surface area contributed by atoms with Crippen molar-refractivity contribution in [3.8, 4) is 5.69 Å². The summed E-state index contributed by atoms with van der Waals surface area (Å²) in [7, 11) is 0. The lowest BCUT2D eigenvalue weighted by Gasteiger charge is -2.28. The molecule has 4 nitrogen and oxygen atoms in total. The van der Waals surface area contributed by atoms with E-state index in [4.69, 9.17) is 12.2 Å². The fourth-order valence-electron chi connectivity index (χ4n) is 4.73. The SMILES string of the molecule is Cc1ccc(N2C(=S)N[C@H](c3ccccn3)[C@H]2c2cc(C)n(-c3ccc(F)cc3)c2C)cc1. The van der Waals surface area contributed by atoms with Gasteiger partial charge >= 0.3 is 0 Å². The molecule has 33 heavy (non-hydrogen) atoms. The number of nitrogens with one attached hydrogen (secondary N) is 1. The highest BCUT2D eigenvalue weighted by molar-refractivity contribution is 7.80. The molecule has 2 aromatic heterocycles. The van der Waals surface area contributed by atoms with Crippen LogP contribution in [0.5, 0.6) is 0 Å². The maximum atomic E-state index is 13.6. The maximum Gasteiger partial charge on any atom is 0.174 e. The third kappa shape index (κ3) is 3.80. The summed E-state index contributed by atoms with van der Waals surface area (Å²) in [6.07, 6.45) is 1.81. The Morgan fingerprint density at radius 2 is 1.61 bits per heavy atom. The number of halogens is 1. The number of aromatic nitrogens is 2. The fraction of sp³-hybridized carbons (Fsp3) is 0.185. The van der Waals surface area contributed by atoms with Crippen LogP contribution in [0, 0.1) is 26.6 Å². The predicted octanol–water partition coefficient (Wildman–Crippen LogP) is 6.11. The molecule has 2 aromatic carbocycles. The van der Waals surface area contributed by atoms with E-state index in [1.54, 1.807) is 0 Å². The summed E-state index contributed by atoms with van der Waals surface area (Å²) in [4.78, 5) is 6.83. The average molecular weight is 457 g/mol. The second-order valence-corrected chi connectivity index (χ2v) is 8.86. The summed E-state index contributed by atoms with van der Waals surface area (Å²) in [5, 5.41) is 4.19. The molecule has 4 aromatic rings. The van der Waals surface area contributed by atoms with Gasteiger partial charge in [-0.25, -0.2) is 4.39 Å². The third-order valence-electron chi connectivity index (χ3n) is 6.28. The van der Waals surface area contributed by atoms with Gasteiger partial charge in [-0.05, 0) is 93.1 Å². The van der Waals surface area contributed by atoms with Gasteiger partial charge in [0, 0.05) is 29.0 Å². The van der Waals surface area contributed by atoms with Crippen LogP contribution in [-0.2, 0) is 0 Å². The molecule has 3 heterocycles. The molecule has 5 rings (SSSR count). The van der Waals surface area contributed by atoms with Crippen LogP contribution >= 0.6 is 12.2 Å². The molecular formula is C27H25FN4S. The molecule has 1 N–H and O–H groups in total. The van der Waals surface area contributed by atoms with Crippen molar-refractivity contribution in [2.45, 2.75) is 32.9 Å².